The number of rotatable bonds is 3. The third-order valence-corrected chi connectivity index (χ3v) is 6.37. The molecular weight excluding hydrogens is 403 g/mol. The third-order valence-electron chi connectivity index (χ3n) is 6.37. The number of aromatic hydroxyl groups is 1. The fourth-order valence-corrected chi connectivity index (χ4v) is 4.83. The Hall–Kier alpha value is -3.28. The summed E-state index contributed by atoms with van der Waals surface area (Å²) in [7, 11) is 0. The summed E-state index contributed by atoms with van der Waals surface area (Å²) in [4.78, 5) is 15.9. The molecule has 2 aromatic heterocycles. The van der Waals surface area contributed by atoms with Crippen LogP contribution in [0.2, 0.25) is 0 Å². The number of aryl methyl sites for hydroxylation is 2. The van der Waals surface area contributed by atoms with Crippen molar-refractivity contribution in [1.82, 2.24) is 15.0 Å². The first-order valence-electron chi connectivity index (χ1n) is 11.4. The highest BCUT2D eigenvalue weighted by Crippen LogP contribution is 2.38. The molecule has 0 aliphatic carbocycles. The quantitative estimate of drug-likeness (QED) is 0.436. The van der Waals surface area contributed by atoms with Gasteiger partial charge in [-0.1, -0.05) is 38.0 Å². The molecule has 4 aromatic rings. The molecule has 5 nitrogen and oxygen atoms in total. The Balaban J connectivity index is 1.75. The molecule has 5 rings (SSSR count). The average Bonchev–Trinajstić information content (AvgIpc) is 3.08. The van der Waals surface area contributed by atoms with E-state index in [0.29, 0.717) is 16.8 Å². The van der Waals surface area contributed by atoms with Gasteiger partial charge in [-0.3, -0.25) is 4.98 Å². The molecule has 3 heterocycles. The van der Waals surface area contributed by atoms with Crippen molar-refractivity contribution in [3.05, 3.63) is 53.7 Å². The SMILES string of the molecule is CCc1cccc2cc(O)cc(-c3ncc4c(N5CCCCCC5)nc(C)nc4c3F)c12. The first-order chi connectivity index (χ1) is 15.6. The number of nitrogens with zero attached hydrogens (tertiary/aromatic N) is 4. The Kier molecular flexibility index (Phi) is 5.37. The summed E-state index contributed by atoms with van der Waals surface area (Å²) < 4.78 is 16.0. The molecule has 0 unspecified atom stereocenters. The number of phenolic OH excluding ortho intramolecular Hbond substituents is 1. The summed E-state index contributed by atoms with van der Waals surface area (Å²) in [5.74, 6) is 0.929. The lowest BCUT2D eigenvalue weighted by Gasteiger charge is -2.23. The predicted octanol–water partition coefficient (Wildman–Crippen LogP) is 5.94. The van der Waals surface area contributed by atoms with Crippen LogP contribution >= 0.6 is 0 Å². The maximum absolute atomic E-state index is 16.0. The lowest BCUT2D eigenvalue weighted by molar-refractivity contribution is 0.476. The van der Waals surface area contributed by atoms with Gasteiger partial charge < -0.3 is 10.0 Å². The van der Waals surface area contributed by atoms with Crippen molar-refractivity contribution in [3.8, 4) is 17.0 Å². The largest absolute Gasteiger partial charge is 0.508 e. The molecule has 6 heteroatoms. The zero-order valence-electron chi connectivity index (χ0n) is 18.5. The van der Waals surface area contributed by atoms with Crippen molar-refractivity contribution < 1.29 is 9.50 Å². The van der Waals surface area contributed by atoms with Crippen LogP contribution in [0.25, 0.3) is 32.9 Å². The van der Waals surface area contributed by atoms with Crippen molar-refractivity contribution in [2.45, 2.75) is 46.0 Å². The molecule has 1 aliphatic heterocycles. The number of hydrogen-bond acceptors (Lipinski definition) is 5. The summed E-state index contributed by atoms with van der Waals surface area (Å²) in [6, 6.07) is 9.23. The van der Waals surface area contributed by atoms with Gasteiger partial charge in [0.2, 0.25) is 0 Å². The van der Waals surface area contributed by atoms with E-state index in [2.05, 4.69) is 26.8 Å². The van der Waals surface area contributed by atoms with Crippen molar-refractivity contribution in [1.29, 1.82) is 0 Å². The molecule has 0 saturated carbocycles. The minimum absolute atomic E-state index is 0.0890. The summed E-state index contributed by atoms with van der Waals surface area (Å²) in [6.45, 7) is 5.69. The summed E-state index contributed by atoms with van der Waals surface area (Å²) >= 11 is 0. The van der Waals surface area contributed by atoms with Gasteiger partial charge in [0.05, 0.1) is 5.39 Å². The first-order valence-corrected chi connectivity index (χ1v) is 11.4. The number of fused-ring (bicyclic) bond motifs is 2. The predicted molar refractivity (Wildman–Crippen MR) is 127 cm³/mol. The molecular formula is C26H27FN4O. The van der Waals surface area contributed by atoms with Crippen molar-refractivity contribution in [3.63, 3.8) is 0 Å². The lowest BCUT2D eigenvalue weighted by Crippen LogP contribution is -2.25. The maximum atomic E-state index is 16.0. The molecule has 2 aromatic carbocycles. The van der Waals surface area contributed by atoms with Crippen LogP contribution in [-0.4, -0.2) is 33.1 Å². The van der Waals surface area contributed by atoms with Gasteiger partial charge in [0.25, 0.3) is 0 Å². The van der Waals surface area contributed by atoms with E-state index in [1.54, 1.807) is 25.3 Å². The second kappa shape index (κ2) is 8.34. The Morgan fingerprint density at radius 2 is 1.84 bits per heavy atom. The number of halogens is 1. The van der Waals surface area contributed by atoms with Gasteiger partial charge in [-0.2, -0.15) is 0 Å². The van der Waals surface area contributed by atoms with E-state index in [0.717, 1.165) is 54.5 Å². The van der Waals surface area contributed by atoms with Gasteiger partial charge in [-0.15, -0.1) is 0 Å². The van der Waals surface area contributed by atoms with E-state index < -0.39 is 5.82 Å². The topological polar surface area (TPSA) is 62.1 Å². The normalized spacial score (nSPS) is 14.8. The third kappa shape index (κ3) is 3.53. The first kappa shape index (κ1) is 20.6. The smallest absolute Gasteiger partial charge is 0.175 e. The Morgan fingerprint density at radius 3 is 2.59 bits per heavy atom. The molecule has 0 bridgehead atoms. The molecule has 1 fully saturated rings. The molecule has 0 spiro atoms. The molecule has 0 atom stereocenters. The molecule has 1 N–H and O–H groups in total. The Morgan fingerprint density at radius 1 is 1.06 bits per heavy atom. The van der Waals surface area contributed by atoms with Crippen LogP contribution < -0.4 is 4.90 Å². The van der Waals surface area contributed by atoms with Crippen LogP contribution in [0.5, 0.6) is 5.75 Å². The van der Waals surface area contributed by atoms with E-state index >= 15 is 4.39 Å². The van der Waals surface area contributed by atoms with Crippen molar-refractivity contribution in [2.75, 3.05) is 18.0 Å². The number of phenols is 1. The number of anilines is 1. The Labute approximate surface area is 187 Å². The highest BCUT2D eigenvalue weighted by atomic mass is 19.1. The monoisotopic (exact) mass is 430 g/mol. The molecule has 32 heavy (non-hydrogen) atoms. The van der Waals surface area contributed by atoms with E-state index in [9.17, 15) is 5.11 Å². The fraction of sp³-hybridized carbons (Fsp3) is 0.346. The van der Waals surface area contributed by atoms with Gasteiger partial charge >= 0.3 is 0 Å². The second-order valence-corrected chi connectivity index (χ2v) is 8.54. The van der Waals surface area contributed by atoms with Gasteiger partial charge in [-0.25, -0.2) is 14.4 Å². The van der Waals surface area contributed by atoms with Crippen LogP contribution in [0.4, 0.5) is 10.2 Å². The standard InChI is InChI=1S/C26H27FN4O/c1-3-17-9-8-10-18-13-19(32)14-20(22(17)18)24-23(27)25-21(15-28-24)26(30-16(2)29-25)31-11-6-4-5-7-12-31/h8-10,13-15,32H,3-7,11-12H2,1-2H3. The zero-order valence-corrected chi connectivity index (χ0v) is 18.5. The van der Waals surface area contributed by atoms with E-state index in [1.807, 2.05) is 18.2 Å². The average molecular weight is 431 g/mol. The zero-order chi connectivity index (χ0) is 22.2. The van der Waals surface area contributed by atoms with Crippen LogP contribution in [-0.2, 0) is 6.42 Å². The number of benzene rings is 2. The number of hydrogen-bond donors (Lipinski definition) is 1. The van der Waals surface area contributed by atoms with E-state index in [4.69, 9.17) is 0 Å². The molecule has 1 saturated heterocycles. The maximum Gasteiger partial charge on any atom is 0.175 e. The van der Waals surface area contributed by atoms with Crippen LogP contribution in [0, 0.1) is 12.7 Å². The van der Waals surface area contributed by atoms with Gasteiger partial charge in [0, 0.05) is 24.8 Å². The number of pyridine rings is 1. The van der Waals surface area contributed by atoms with Crippen LogP contribution in [0.15, 0.2) is 36.5 Å². The summed E-state index contributed by atoms with van der Waals surface area (Å²) in [6.07, 6.45) is 7.11. The van der Waals surface area contributed by atoms with Crippen molar-refractivity contribution >= 4 is 27.5 Å². The lowest BCUT2D eigenvalue weighted by atomic mass is 9.95. The Bertz CT molecular complexity index is 1310. The van der Waals surface area contributed by atoms with Gasteiger partial charge in [0.15, 0.2) is 5.82 Å². The minimum atomic E-state index is -0.470. The molecule has 1 aliphatic rings. The molecule has 0 radical (unpaired) electrons. The van der Waals surface area contributed by atoms with Crippen LogP contribution in [0.3, 0.4) is 0 Å². The van der Waals surface area contributed by atoms with E-state index in [-0.39, 0.29) is 17.0 Å². The van der Waals surface area contributed by atoms with Gasteiger partial charge in [-0.05, 0) is 54.7 Å². The second-order valence-electron chi connectivity index (χ2n) is 8.54. The van der Waals surface area contributed by atoms with Crippen molar-refractivity contribution in [2.24, 2.45) is 0 Å². The molecule has 0 amide bonds. The van der Waals surface area contributed by atoms with E-state index in [1.165, 1.54) is 12.8 Å². The number of aromatic nitrogens is 3. The highest BCUT2D eigenvalue weighted by Gasteiger charge is 2.22. The van der Waals surface area contributed by atoms with Gasteiger partial charge in [0.1, 0.15) is 28.6 Å². The highest BCUT2D eigenvalue weighted by molar-refractivity contribution is 6.01. The fourth-order valence-electron chi connectivity index (χ4n) is 4.83. The van der Waals surface area contributed by atoms with Crippen LogP contribution in [0.1, 0.15) is 44.0 Å². The summed E-state index contributed by atoms with van der Waals surface area (Å²) in [5.41, 5.74) is 2.17. The molecule has 164 valence electrons. The summed E-state index contributed by atoms with van der Waals surface area (Å²) in [5, 5.41) is 12.8. The minimum Gasteiger partial charge on any atom is -0.508 e.